The highest BCUT2D eigenvalue weighted by Crippen LogP contribution is 2.09. The normalized spacial score (nSPS) is 11.0. The second-order valence-corrected chi connectivity index (χ2v) is 4.91. The Bertz CT molecular complexity index is 809. The molecule has 1 aromatic heterocycles. The van der Waals surface area contributed by atoms with Gasteiger partial charge in [-0.3, -0.25) is 9.79 Å². The number of benzene rings is 1. The predicted molar refractivity (Wildman–Crippen MR) is 85.0 cm³/mol. The summed E-state index contributed by atoms with van der Waals surface area (Å²) in [5.74, 6) is 5.97. The van der Waals surface area contributed by atoms with Crippen molar-refractivity contribution < 1.29 is 0 Å². The Balaban J connectivity index is 2.44. The van der Waals surface area contributed by atoms with Gasteiger partial charge < -0.3 is 4.57 Å². The summed E-state index contributed by atoms with van der Waals surface area (Å²) < 4.78 is 1.45. The van der Waals surface area contributed by atoms with Crippen LogP contribution in [-0.2, 0) is 7.05 Å². The Morgan fingerprint density at radius 2 is 2.35 bits per heavy atom. The molecule has 0 saturated carbocycles. The molecule has 0 aliphatic rings. The quantitative estimate of drug-likeness (QED) is 0.458. The lowest BCUT2D eigenvalue weighted by Gasteiger charge is -2.00. The molecule has 20 heavy (non-hydrogen) atoms. The Morgan fingerprint density at radius 1 is 1.55 bits per heavy atom. The molecular weight excluding hydrogens is 270 g/mol. The highest BCUT2D eigenvalue weighted by molar-refractivity contribution is 8.17. The van der Waals surface area contributed by atoms with Crippen LogP contribution in [0.4, 0.5) is 0 Å². The van der Waals surface area contributed by atoms with Gasteiger partial charge in [0.25, 0.3) is 5.56 Å². The van der Waals surface area contributed by atoms with Gasteiger partial charge in [-0.2, -0.15) is 0 Å². The zero-order valence-electron chi connectivity index (χ0n) is 11.3. The molecule has 0 aliphatic heterocycles. The smallest absolute Gasteiger partial charge is 0.260 e. The van der Waals surface area contributed by atoms with Crippen LogP contribution in [0.2, 0.25) is 0 Å². The van der Waals surface area contributed by atoms with E-state index in [9.17, 15) is 4.79 Å². The average molecular weight is 283 g/mol. The fraction of sp³-hybridized carbons (Fsp3) is 0.133. The molecule has 0 unspecified atom stereocenters. The maximum atomic E-state index is 11.9. The molecule has 4 nitrogen and oxygen atoms in total. The van der Waals surface area contributed by atoms with Crippen LogP contribution in [0.1, 0.15) is 5.56 Å². The van der Waals surface area contributed by atoms with Crippen molar-refractivity contribution in [2.24, 2.45) is 12.0 Å². The molecule has 2 rings (SSSR count). The Kier molecular flexibility index (Phi) is 4.38. The minimum Gasteiger partial charge on any atom is -0.302 e. The zero-order valence-corrected chi connectivity index (χ0v) is 12.1. The van der Waals surface area contributed by atoms with Crippen molar-refractivity contribution >= 4 is 27.7 Å². The van der Waals surface area contributed by atoms with E-state index in [1.165, 1.54) is 22.7 Å². The minimum absolute atomic E-state index is 0.0625. The lowest BCUT2D eigenvalue weighted by atomic mass is 10.1. The van der Waals surface area contributed by atoms with Gasteiger partial charge in [0, 0.05) is 19.7 Å². The van der Waals surface area contributed by atoms with E-state index in [4.69, 9.17) is 0 Å². The molecule has 100 valence electrons. The first kappa shape index (κ1) is 14.1. The maximum absolute atomic E-state index is 11.9. The molecule has 0 saturated heterocycles. The molecule has 1 aromatic carbocycles. The van der Waals surface area contributed by atoms with Crippen LogP contribution < -0.4 is 5.56 Å². The Labute approximate surface area is 121 Å². The third kappa shape index (κ3) is 2.98. The highest BCUT2D eigenvalue weighted by atomic mass is 32.2. The fourth-order valence-electron chi connectivity index (χ4n) is 1.63. The third-order valence-corrected chi connectivity index (χ3v) is 3.30. The van der Waals surface area contributed by atoms with Crippen LogP contribution in [0.3, 0.4) is 0 Å². The molecule has 0 N–H and O–H groups in total. The van der Waals surface area contributed by atoms with Crippen molar-refractivity contribution in [2.75, 3.05) is 7.05 Å². The van der Waals surface area contributed by atoms with Crippen LogP contribution in [-0.4, -0.2) is 21.6 Å². The summed E-state index contributed by atoms with van der Waals surface area (Å²) >= 11 is 1.37. The first-order chi connectivity index (χ1) is 9.65. The van der Waals surface area contributed by atoms with Crippen LogP contribution in [0.15, 0.2) is 46.3 Å². The number of rotatable bonds is 1. The monoisotopic (exact) mass is 283 g/mol. The van der Waals surface area contributed by atoms with Gasteiger partial charge in [0.1, 0.15) is 5.04 Å². The van der Waals surface area contributed by atoms with Crippen LogP contribution in [0, 0.1) is 11.8 Å². The summed E-state index contributed by atoms with van der Waals surface area (Å²) in [5.41, 5.74) is 1.38. The molecule has 0 radical (unpaired) electrons. The SMILES string of the molecule is C=CSC(C#Cc1ccc2c(=O)n(C)cnc2c1)=NC. The molecule has 0 aliphatic carbocycles. The topological polar surface area (TPSA) is 47.2 Å². The van der Waals surface area contributed by atoms with E-state index in [-0.39, 0.29) is 5.56 Å². The molecule has 2 aromatic rings. The van der Waals surface area contributed by atoms with Crippen molar-refractivity contribution in [1.29, 1.82) is 0 Å². The number of aryl methyl sites for hydroxylation is 1. The summed E-state index contributed by atoms with van der Waals surface area (Å²) in [5, 5.41) is 2.96. The van der Waals surface area contributed by atoms with Crippen LogP contribution >= 0.6 is 11.8 Å². The maximum Gasteiger partial charge on any atom is 0.260 e. The molecule has 0 bridgehead atoms. The number of aromatic nitrogens is 2. The minimum atomic E-state index is -0.0625. The molecule has 1 heterocycles. The van der Waals surface area contributed by atoms with Gasteiger partial charge in [-0.15, -0.1) is 0 Å². The van der Waals surface area contributed by atoms with E-state index < -0.39 is 0 Å². The molecular formula is C15H13N3OS. The Hall–Kier alpha value is -2.32. The number of aliphatic imine (C=N–C) groups is 1. The van der Waals surface area contributed by atoms with Crippen molar-refractivity contribution in [3.63, 3.8) is 0 Å². The van der Waals surface area contributed by atoms with Crippen LogP contribution in [0.5, 0.6) is 0 Å². The molecule has 0 amide bonds. The van der Waals surface area contributed by atoms with E-state index in [0.29, 0.717) is 15.9 Å². The average Bonchev–Trinajstić information content (AvgIpc) is 2.47. The van der Waals surface area contributed by atoms with Gasteiger partial charge in [-0.1, -0.05) is 24.3 Å². The van der Waals surface area contributed by atoms with Crippen molar-refractivity contribution in [3.05, 3.63) is 52.4 Å². The first-order valence-corrected chi connectivity index (χ1v) is 6.75. The largest absolute Gasteiger partial charge is 0.302 e. The molecule has 0 spiro atoms. The number of hydrogen-bond donors (Lipinski definition) is 0. The van der Waals surface area contributed by atoms with Gasteiger partial charge >= 0.3 is 0 Å². The van der Waals surface area contributed by atoms with Gasteiger partial charge in [-0.25, -0.2) is 4.98 Å². The fourth-order valence-corrected chi connectivity index (χ4v) is 2.00. The first-order valence-electron chi connectivity index (χ1n) is 5.87. The second kappa shape index (κ2) is 6.22. The van der Waals surface area contributed by atoms with Gasteiger partial charge in [0.2, 0.25) is 0 Å². The van der Waals surface area contributed by atoms with Crippen molar-refractivity contribution in [3.8, 4) is 11.8 Å². The molecule has 0 atom stereocenters. The van der Waals surface area contributed by atoms with E-state index in [0.717, 1.165) is 5.56 Å². The van der Waals surface area contributed by atoms with Gasteiger partial charge in [-0.05, 0) is 29.5 Å². The lowest BCUT2D eigenvalue weighted by molar-refractivity contribution is 0.843. The summed E-state index contributed by atoms with van der Waals surface area (Å²) in [6.45, 7) is 3.63. The Morgan fingerprint density at radius 3 is 3.05 bits per heavy atom. The predicted octanol–water partition coefficient (Wildman–Crippen LogP) is 2.19. The standard InChI is InChI=1S/C15H13N3OS/c1-4-20-14(16-2)8-6-11-5-7-12-13(9-11)17-10-18(3)15(12)19/h4-5,7,9-10H,1H2,2-3H3. The van der Waals surface area contributed by atoms with E-state index in [1.54, 1.807) is 31.6 Å². The number of nitrogens with zero attached hydrogens (tertiary/aromatic N) is 3. The van der Waals surface area contributed by atoms with Crippen molar-refractivity contribution in [2.45, 2.75) is 0 Å². The van der Waals surface area contributed by atoms with Gasteiger partial charge in [0.15, 0.2) is 0 Å². The summed E-state index contributed by atoms with van der Waals surface area (Å²) in [7, 11) is 3.37. The van der Waals surface area contributed by atoms with E-state index in [2.05, 4.69) is 28.4 Å². The summed E-state index contributed by atoms with van der Waals surface area (Å²) in [4.78, 5) is 20.2. The molecule has 5 heteroatoms. The van der Waals surface area contributed by atoms with Crippen molar-refractivity contribution in [1.82, 2.24) is 9.55 Å². The third-order valence-electron chi connectivity index (χ3n) is 2.63. The number of hydrogen-bond acceptors (Lipinski definition) is 4. The second-order valence-electron chi connectivity index (χ2n) is 3.96. The molecule has 0 fully saturated rings. The van der Waals surface area contributed by atoms with Crippen LogP contribution in [0.25, 0.3) is 10.9 Å². The summed E-state index contributed by atoms with van der Waals surface area (Å²) in [6, 6.07) is 5.36. The van der Waals surface area contributed by atoms with E-state index >= 15 is 0 Å². The van der Waals surface area contributed by atoms with E-state index in [1.807, 2.05) is 6.07 Å². The summed E-state index contributed by atoms with van der Waals surface area (Å²) in [6.07, 6.45) is 1.51. The highest BCUT2D eigenvalue weighted by Gasteiger charge is 2.01. The number of fused-ring (bicyclic) bond motifs is 1. The number of thioether (sulfide) groups is 1. The zero-order chi connectivity index (χ0) is 14.5. The lowest BCUT2D eigenvalue weighted by Crippen LogP contribution is -2.16. The van der Waals surface area contributed by atoms with Gasteiger partial charge in [0.05, 0.1) is 17.2 Å².